The molecular formula is C39H30F5NO6S. The molecule has 3 N–H and O–H groups in total. The second kappa shape index (κ2) is 16.1. The number of carbonyl (C=O) groups is 2. The van der Waals surface area contributed by atoms with Crippen LogP contribution >= 0.6 is 11.8 Å². The predicted molar refractivity (Wildman–Crippen MR) is 182 cm³/mol. The van der Waals surface area contributed by atoms with Crippen molar-refractivity contribution in [2.75, 3.05) is 5.75 Å². The van der Waals surface area contributed by atoms with Crippen molar-refractivity contribution in [2.24, 2.45) is 0 Å². The van der Waals surface area contributed by atoms with Gasteiger partial charge in [0, 0.05) is 29.2 Å². The smallest absolute Gasteiger partial charge is 0.335 e. The van der Waals surface area contributed by atoms with Crippen LogP contribution in [0.4, 0.5) is 22.0 Å². The number of amides is 1. The van der Waals surface area contributed by atoms with Gasteiger partial charge in [0.25, 0.3) is 5.91 Å². The van der Waals surface area contributed by atoms with Gasteiger partial charge in [-0.15, -0.1) is 11.8 Å². The Labute approximate surface area is 299 Å². The van der Waals surface area contributed by atoms with Gasteiger partial charge >= 0.3 is 5.97 Å². The van der Waals surface area contributed by atoms with Crippen LogP contribution in [0.15, 0.2) is 102 Å². The monoisotopic (exact) mass is 735 g/mol. The molecule has 1 heterocycles. The van der Waals surface area contributed by atoms with Crippen molar-refractivity contribution in [1.29, 1.82) is 0 Å². The van der Waals surface area contributed by atoms with Crippen LogP contribution in [0.2, 0.25) is 0 Å². The highest BCUT2D eigenvalue weighted by Crippen LogP contribution is 2.40. The molecular weight excluding hydrogens is 705 g/mol. The molecule has 13 heteroatoms. The number of ether oxygens (including phenoxy) is 2. The fraction of sp³-hybridized carbons (Fsp3) is 0.179. The van der Waals surface area contributed by atoms with E-state index >= 15 is 0 Å². The molecule has 6 rings (SSSR count). The number of aliphatic hydroxyl groups is 1. The maximum Gasteiger partial charge on any atom is 0.335 e. The van der Waals surface area contributed by atoms with Gasteiger partial charge in [-0.1, -0.05) is 66.7 Å². The second-order valence-electron chi connectivity index (χ2n) is 11.9. The summed E-state index contributed by atoms with van der Waals surface area (Å²) in [4.78, 5) is 24.6. The molecule has 1 fully saturated rings. The summed E-state index contributed by atoms with van der Waals surface area (Å²) in [6, 6.07) is 28.4. The van der Waals surface area contributed by atoms with Crippen LogP contribution in [0, 0.1) is 29.1 Å². The molecule has 1 saturated heterocycles. The largest absolute Gasteiger partial charge is 0.478 e. The first kappa shape index (κ1) is 36.7. The van der Waals surface area contributed by atoms with E-state index in [2.05, 4.69) is 5.32 Å². The molecule has 1 aliphatic rings. The number of nitrogens with one attached hydrogen (secondary N) is 1. The summed E-state index contributed by atoms with van der Waals surface area (Å²) >= 11 is 1.54. The van der Waals surface area contributed by atoms with E-state index in [1.807, 2.05) is 48.5 Å². The maximum atomic E-state index is 14.1. The molecule has 0 aromatic heterocycles. The Balaban J connectivity index is 1.16. The standard InChI is InChI=1S/C39H30F5NO6S/c40-32-31(33(41)35(43)36(44)34(32)42)37(47)45-18-22-2-1-3-27(16-22)23-8-10-26(11-9-23)39-50-28(20-52-29-14-12-25(13-15-29)38(48)49)17-30(51-39)24-6-4-21(19-46)5-7-24/h1-16,28,30,39,46H,17-20H2,(H,45,47)(H,48,49). The lowest BCUT2D eigenvalue weighted by Gasteiger charge is -2.36. The molecule has 1 amide bonds. The molecule has 5 aromatic rings. The number of aliphatic hydroxyl groups excluding tert-OH is 1. The van der Waals surface area contributed by atoms with Gasteiger partial charge in [-0.05, 0) is 58.1 Å². The summed E-state index contributed by atoms with van der Waals surface area (Å²) in [5, 5.41) is 20.9. The number of thioether (sulfide) groups is 1. The average molecular weight is 736 g/mol. The summed E-state index contributed by atoms with van der Waals surface area (Å²) in [5.74, 6) is -13.1. The predicted octanol–water partition coefficient (Wildman–Crippen LogP) is 8.51. The maximum absolute atomic E-state index is 14.1. The summed E-state index contributed by atoms with van der Waals surface area (Å²) in [6.07, 6.45) is -0.723. The van der Waals surface area contributed by atoms with E-state index in [-0.39, 0.29) is 30.9 Å². The van der Waals surface area contributed by atoms with Crippen LogP contribution in [-0.4, -0.2) is 33.9 Å². The van der Waals surface area contributed by atoms with Crippen molar-refractivity contribution in [1.82, 2.24) is 5.32 Å². The lowest BCUT2D eigenvalue weighted by atomic mass is 9.99. The SMILES string of the molecule is O=C(O)c1ccc(SCC2CC(c3ccc(CO)cc3)OC(c3ccc(-c4cccc(CNC(=O)c5c(F)c(F)c(F)c(F)c5F)c4)cc3)O2)cc1. The molecule has 268 valence electrons. The first-order valence-electron chi connectivity index (χ1n) is 16.0. The minimum atomic E-state index is -2.35. The Hall–Kier alpha value is -5.08. The first-order valence-corrected chi connectivity index (χ1v) is 17.0. The van der Waals surface area contributed by atoms with E-state index < -0.39 is 52.8 Å². The van der Waals surface area contributed by atoms with Crippen LogP contribution in [0.5, 0.6) is 0 Å². The minimum absolute atomic E-state index is 0.0836. The van der Waals surface area contributed by atoms with Crippen molar-refractivity contribution in [3.05, 3.63) is 160 Å². The van der Waals surface area contributed by atoms with Gasteiger partial charge in [-0.2, -0.15) is 0 Å². The third-order valence-electron chi connectivity index (χ3n) is 8.49. The molecule has 5 aromatic carbocycles. The highest BCUT2D eigenvalue weighted by molar-refractivity contribution is 7.99. The average Bonchev–Trinajstić information content (AvgIpc) is 3.18. The minimum Gasteiger partial charge on any atom is -0.478 e. The second-order valence-corrected chi connectivity index (χ2v) is 13.0. The fourth-order valence-electron chi connectivity index (χ4n) is 5.67. The Morgan fingerprint density at radius 3 is 2.00 bits per heavy atom. The molecule has 3 atom stereocenters. The van der Waals surface area contributed by atoms with Gasteiger partial charge in [0.2, 0.25) is 5.82 Å². The number of benzene rings is 5. The van der Waals surface area contributed by atoms with E-state index in [4.69, 9.17) is 9.47 Å². The van der Waals surface area contributed by atoms with Gasteiger partial charge in [-0.25, -0.2) is 26.7 Å². The molecule has 1 aliphatic heterocycles. The summed E-state index contributed by atoms with van der Waals surface area (Å²) < 4.78 is 81.7. The lowest BCUT2D eigenvalue weighted by Crippen LogP contribution is -2.31. The lowest BCUT2D eigenvalue weighted by molar-refractivity contribution is -0.245. The fourth-order valence-corrected chi connectivity index (χ4v) is 6.60. The number of aromatic carboxylic acids is 1. The van der Waals surface area contributed by atoms with Crippen LogP contribution in [0.3, 0.4) is 0 Å². The van der Waals surface area contributed by atoms with Gasteiger partial charge < -0.3 is 25.0 Å². The van der Waals surface area contributed by atoms with E-state index in [1.165, 1.54) is 11.8 Å². The number of carboxylic acids is 1. The zero-order valence-corrected chi connectivity index (χ0v) is 27.9. The molecule has 0 saturated carbocycles. The van der Waals surface area contributed by atoms with Crippen LogP contribution < -0.4 is 5.32 Å². The number of hydrogen-bond donors (Lipinski definition) is 3. The Morgan fingerprint density at radius 1 is 0.731 bits per heavy atom. The molecule has 0 aliphatic carbocycles. The third-order valence-corrected chi connectivity index (χ3v) is 9.63. The summed E-state index contributed by atoms with van der Waals surface area (Å²) in [7, 11) is 0. The molecule has 0 radical (unpaired) electrons. The molecule has 3 unspecified atom stereocenters. The van der Waals surface area contributed by atoms with Crippen molar-refractivity contribution >= 4 is 23.6 Å². The normalized spacial score (nSPS) is 17.2. The van der Waals surface area contributed by atoms with Gasteiger partial charge in [-0.3, -0.25) is 4.79 Å². The zero-order valence-electron chi connectivity index (χ0n) is 27.1. The Morgan fingerprint density at radius 2 is 1.37 bits per heavy atom. The molecule has 52 heavy (non-hydrogen) atoms. The summed E-state index contributed by atoms with van der Waals surface area (Å²) in [5.41, 5.74) is 3.09. The highest BCUT2D eigenvalue weighted by Gasteiger charge is 2.33. The Bertz CT molecular complexity index is 2050. The van der Waals surface area contributed by atoms with E-state index in [9.17, 15) is 41.8 Å². The van der Waals surface area contributed by atoms with Gasteiger partial charge in [0.05, 0.1) is 24.4 Å². The number of hydrogen-bond acceptors (Lipinski definition) is 6. The van der Waals surface area contributed by atoms with Crippen molar-refractivity contribution in [2.45, 2.75) is 43.0 Å². The molecule has 0 spiro atoms. The van der Waals surface area contributed by atoms with Crippen LogP contribution in [0.1, 0.15) is 61.8 Å². The Kier molecular flexibility index (Phi) is 11.3. The quantitative estimate of drug-likeness (QED) is 0.0541. The van der Waals surface area contributed by atoms with Crippen LogP contribution in [-0.2, 0) is 22.6 Å². The van der Waals surface area contributed by atoms with Gasteiger partial charge in [0.15, 0.2) is 29.6 Å². The van der Waals surface area contributed by atoms with Gasteiger partial charge in [0.1, 0.15) is 5.56 Å². The van der Waals surface area contributed by atoms with E-state index in [1.54, 1.807) is 48.5 Å². The number of carbonyl (C=O) groups excluding carboxylic acids is 1. The molecule has 0 bridgehead atoms. The third kappa shape index (κ3) is 8.18. The first-order chi connectivity index (χ1) is 25.0. The number of halogens is 5. The van der Waals surface area contributed by atoms with E-state index in [0.29, 0.717) is 17.7 Å². The number of rotatable bonds is 11. The zero-order chi connectivity index (χ0) is 36.9. The topological polar surface area (TPSA) is 105 Å². The van der Waals surface area contributed by atoms with E-state index in [0.717, 1.165) is 32.7 Å². The number of carboxylic acid groups (broad SMARTS) is 1. The van der Waals surface area contributed by atoms with Crippen molar-refractivity contribution < 1.29 is 51.2 Å². The summed E-state index contributed by atoms with van der Waals surface area (Å²) in [6.45, 7) is -0.336. The van der Waals surface area contributed by atoms with Crippen molar-refractivity contribution in [3.8, 4) is 11.1 Å². The van der Waals surface area contributed by atoms with Crippen molar-refractivity contribution in [3.63, 3.8) is 0 Å². The molecule has 7 nitrogen and oxygen atoms in total. The highest BCUT2D eigenvalue weighted by atomic mass is 32.2. The van der Waals surface area contributed by atoms with Crippen LogP contribution in [0.25, 0.3) is 11.1 Å².